The molecule has 0 amide bonds. The van der Waals surface area contributed by atoms with Gasteiger partial charge in [-0.15, -0.1) is 0 Å². The van der Waals surface area contributed by atoms with E-state index < -0.39 is 3.61 Å². The maximum Gasteiger partial charge on any atom is 0.167 e. The summed E-state index contributed by atoms with van der Waals surface area (Å²) in [4.78, 5) is 0. The zero-order chi connectivity index (χ0) is 14.2. The van der Waals surface area contributed by atoms with Crippen LogP contribution in [0.5, 0.6) is 0 Å². The van der Waals surface area contributed by atoms with Crippen molar-refractivity contribution in [2.75, 3.05) is 0 Å². The largest absolute Gasteiger partial charge is 0.371 e. The summed E-state index contributed by atoms with van der Waals surface area (Å²) in [7, 11) is 0. The van der Waals surface area contributed by atoms with Gasteiger partial charge in [0, 0.05) is 11.1 Å². The summed E-state index contributed by atoms with van der Waals surface area (Å²) in [5.74, 6) is 0. The molecule has 0 aliphatic heterocycles. The molecule has 100 valence electrons. The van der Waals surface area contributed by atoms with Gasteiger partial charge in [-0.2, -0.15) is 0 Å². The van der Waals surface area contributed by atoms with E-state index in [0.717, 1.165) is 22.3 Å². The second-order valence-electron chi connectivity index (χ2n) is 5.26. The molecule has 0 saturated heterocycles. The normalized spacial score (nSPS) is 11.7. The van der Waals surface area contributed by atoms with Crippen molar-refractivity contribution in [3.05, 3.63) is 69.8 Å². The predicted octanol–water partition coefficient (Wildman–Crippen LogP) is 4.55. The van der Waals surface area contributed by atoms with Gasteiger partial charge in [0.2, 0.25) is 0 Å². The fraction of sp³-hybridized carbons (Fsp3) is 0.294. The summed E-state index contributed by atoms with van der Waals surface area (Å²) in [6.07, 6.45) is 0. The molecule has 0 heterocycles. The monoisotopic (exact) mass is 366 g/mol. The van der Waals surface area contributed by atoms with Gasteiger partial charge in [-0.05, 0) is 61.4 Å². The average molecular weight is 366 g/mol. The number of hydrogen-bond donors (Lipinski definition) is 1. The first-order valence-electron chi connectivity index (χ1n) is 6.39. The molecule has 2 rings (SSSR count). The Morgan fingerprint density at radius 2 is 1.16 bits per heavy atom. The van der Waals surface area contributed by atoms with Crippen LogP contribution in [0.4, 0.5) is 0 Å². The number of hydrogen-bond acceptors (Lipinski definition) is 1. The fourth-order valence-corrected chi connectivity index (χ4v) is 3.49. The summed E-state index contributed by atoms with van der Waals surface area (Å²) in [6, 6.07) is 12.4. The van der Waals surface area contributed by atoms with Crippen LogP contribution in [-0.2, 0) is 3.61 Å². The molecule has 0 saturated carbocycles. The van der Waals surface area contributed by atoms with Gasteiger partial charge in [-0.3, -0.25) is 0 Å². The summed E-state index contributed by atoms with van der Waals surface area (Å²) in [5, 5.41) is 11.1. The minimum Gasteiger partial charge on any atom is -0.371 e. The lowest BCUT2D eigenvalue weighted by atomic mass is 9.92. The Labute approximate surface area is 128 Å². The van der Waals surface area contributed by atoms with Gasteiger partial charge in [0.15, 0.2) is 3.61 Å². The van der Waals surface area contributed by atoms with Crippen molar-refractivity contribution in [2.24, 2.45) is 0 Å². The van der Waals surface area contributed by atoms with Gasteiger partial charge in [0.25, 0.3) is 0 Å². The van der Waals surface area contributed by atoms with Crippen molar-refractivity contribution >= 4 is 22.6 Å². The third-order valence-electron chi connectivity index (χ3n) is 3.50. The Morgan fingerprint density at radius 3 is 1.53 bits per heavy atom. The number of rotatable bonds is 2. The molecule has 0 spiro atoms. The van der Waals surface area contributed by atoms with Crippen molar-refractivity contribution in [1.82, 2.24) is 0 Å². The van der Waals surface area contributed by atoms with Crippen LogP contribution in [-0.4, -0.2) is 5.11 Å². The molecule has 2 aromatic carbocycles. The van der Waals surface area contributed by atoms with Crippen molar-refractivity contribution in [3.63, 3.8) is 0 Å². The Hall–Kier alpha value is -0.870. The van der Waals surface area contributed by atoms with Gasteiger partial charge in [0.1, 0.15) is 0 Å². The van der Waals surface area contributed by atoms with Gasteiger partial charge in [-0.1, -0.05) is 47.5 Å². The molecule has 0 aromatic heterocycles. The highest BCUT2D eigenvalue weighted by Gasteiger charge is 2.31. The van der Waals surface area contributed by atoms with E-state index in [4.69, 9.17) is 0 Å². The maximum absolute atomic E-state index is 11.1. The SMILES string of the molecule is Cc1ccc(C)c(C(O)(I)c2cc(C)ccc2C)c1. The Morgan fingerprint density at radius 1 is 0.789 bits per heavy atom. The molecule has 0 aliphatic rings. The van der Waals surface area contributed by atoms with Gasteiger partial charge >= 0.3 is 0 Å². The van der Waals surface area contributed by atoms with Crippen LogP contribution >= 0.6 is 22.6 Å². The summed E-state index contributed by atoms with van der Waals surface area (Å²) in [5.41, 5.74) is 6.51. The second-order valence-corrected chi connectivity index (χ2v) is 6.82. The highest BCUT2D eigenvalue weighted by Crippen LogP contribution is 2.40. The Bertz CT molecular complexity index is 561. The minimum atomic E-state index is -0.982. The lowest BCUT2D eigenvalue weighted by Gasteiger charge is -2.27. The van der Waals surface area contributed by atoms with Crippen LogP contribution in [0, 0.1) is 27.7 Å². The second kappa shape index (κ2) is 5.25. The molecule has 1 N–H and O–H groups in total. The average Bonchev–Trinajstić information content (AvgIpc) is 2.35. The van der Waals surface area contributed by atoms with E-state index in [-0.39, 0.29) is 0 Å². The van der Waals surface area contributed by atoms with Crippen LogP contribution in [0.15, 0.2) is 36.4 Å². The van der Waals surface area contributed by atoms with E-state index >= 15 is 0 Å². The van der Waals surface area contributed by atoms with Gasteiger partial charge in [0.05, 0.1) is 0 Å². The highest BCUT2D eigenvalue weighted by atomic mass is 127. The van der Waals surface area contributed by atoms with Gasteiger partial charge in [-0.25, -0.2) is 0 Å². The molecule has 2 heteroatoms. The van der Waals surface area contributed by atoms with Crippen LogP contribution < -0.4 is 0 Å². The van der Waals surface area contributed by atoms with E-state index in [0.29, 0.717) is 0 Å². The fourth-order valence-electron chi connectivity index (χ4n) is 2.33. The van der Waals surface area contributed by atoms with Crippen molar-refractivity contribution in [1.29, 1.82) is 0 Å². The third kappa shape index (κ3) is 2.84. The smallest absolute Gasteiger partial charge is 0.167 e. The van der Waals surface area contributed by atoms with E-state index in [2.05, 4.69) is 72.8 Å². The first-order chi connectivity index (χ1) is 8.82. The zero-order valence-electron chi connectivity index (χ0n) is 11.8. The Balaban J connectivity index is 2.64. The van der Waals surface area contributed by atoms with Crippen molar-refractivity contribution in [2.45, 2.75) is 31.3 Å². The zero-order valence-corrected chi connectivity index (χ0v) is 13.9. The van der Waals surface area contributed by atoms with E-state index in [1.165, 1.54) is 11.1 Å². The van der Waals surface area contributed by atoms with Crippen LogP contribution in [0.2, 0.25) is 0 Å². The highest BCUT2D eigenvalue weighted by molar-refractivity contribution is 14.1. The van der Waals surface area contributed by atoms with Crippen LogP contribution in [0.1, 0.15) is 33.4 Å². The van der Waals surface area contributed by atoms with E-state index in [1.807, 2.05) is 13.8 Å². The third-order valence-corrected chi connectivity index (χ3v) is 4.66. The maximum atomic E-state index is 11.1. The summed E-state index contributed by atoms with van der Waals surface area (Å²) >= 11 is 2.15. The summed E-state index contributed by atoms with van der Waals surface area (Å²) in [6.45, 7) is 8.20. The standard InChI is InChI=1S/C17H19IO/c1-11-5-7-13(3)15(9-11)17(18,19)16-10-12(2)6-8-14(16)4/h5-10,19H,1-4H3. The molecule has 2 aromatic rings. The predicted molar refractivity (Wildman–Crippen MR) is 88.9 cm³/mol. The van der Waals surface area contributed by atoms with E-state index in [9.17, 15) is 5.11 Å². The van der Waals surface area contributed by atoms with Crippen LogP contribution in [0.25, 0.3) is 0 Å². The molecule has 19 heavy (non-hydrogen) atoms. The molecule has 0 atom stereocenters. The lowest BCUT2D eigenvalue weighted by molar-refractivity contribution is 0.199. The van der Waals surface area contributed by atoms with E-state index in [1.54, 1.807) is 0 Å². The van der Waals surface area contributed by atoms with Crippen molar-refractivity contribution in [3.8, 4) is 0 Å². The molecule has 0 fully saturated rings. The number of aryl methyl sites for hydroxylation is 4. The molecule has 0 radical (unpaired) electrons. The number of alkyl halides is 1. The Kier molecular flexibility index (Phi) is 4.02. The lowest BCUT2D eigenvalue weighted by Crippen LogP contribution is -2.21. The first-order valence-corrected chi connectivity index (χ1v) is 7.47. The quantitative estimate of drug-likeness (QED) is 0.611. The molecular formula is C17H19IO. The molecular weight excluding hydrogens is 347 g/mol. The first kappa shape index (κ1) is 14.5. The topological polar surface area (TPSA) is 20.2 Å². The molecule has 0 aliphatic carbocycles. The molecule has 0 unspecified atom stereocenters. The number of halogens is 1. The molecule has 1 nitrogen and oxygen atoms in total. The van der Waals surface area contributed by atoms with Crippen molar-refractivity contribution < 1.29 is 5.11 Å². The van der Waals surface area contributed by atoms with Gasteiger partial charge < -0.3 is 5.11 Å². The van der Waals surface area contributed by atoms with Crippen LogP contribution in [0.3, 0.4) is 0 Å². The minimum absolute atomic E-state index is 0.974. The summed E-state index contributed by atoms with van der Waals surface area (Å²) < 4.78 is -0.982. The number of benzene rings is 2. The number of aliphatic hydroxyl groups is 1. The molecule has 0 bridgehead atoms.